The third-order valence-corrected chi connectivity index (χ3v) is 5.32. The fourth-order valence-corrected chi connectivity index (χ4v) is 3.69. The number of hydrogen-bond acceptors (Lipinski definition) is 3. The number of carbonyl (C=O) groups excluding carboxylic acids is 2. The lowest BCUT2D eigenvalue weighted by Crippen LogP contribution is -2.42. The zero-order valence-corrected chi connectivity index (χ0v) is 15.7. The van der Waals surface area contributed by atoms with Crippen molar-refractivity contribution in [3.63, 3.8) is 0 Å². The van der Waals surface area contributed by atoms with Crippen molar-refractivity contribution in [2.45, 2.75) is 32.4 Å². The molecule has 2 aromatic rings. The zero-order valence-electron chi connectivity index (χ0n) is 15.7. The number of nitrogens with one attached hydrogen (secondary N) is 2. The van der Waals surface area contributed by atoms with E-state index in [-0.39, 0.29) is 23.7 Å². The molecule has 2 aliphatic rings. The van der Waals surface area contributed by atoms with Gasteiger partial charge >= 0.3 is 6.03 Å². The summed E-state index contributed by atoms with van der Waals surface area (Å²) in [5.41, 5.74) is 2.71. The molecule has 0 aromatic heterocycles. The summed E-state index contributed by atoms with van der Waals surface area (Å²) >= 11 is 0. The van der Waals surface area contributed by atoms with E-state index in [4.69, 9.17) is 0 Å². The Morgan fingerprint density at radius 3 is 2.86 bits per heavy atom. The first-order valence-corrected chi connectivity index (χ1v) is 9.52. The van der Waals surface area contributed by atoms with Crippen LogP contribution in [-0.4, -0.2) is 36.0 Å². The van der Waals surface area contributed by atoms with Crippen LogP contribution in [0.5, 0.6) is 0 Å². The van der Waals surface area contributed by atoms with Crippen LogP contribution in [0.1, 0.15) is 25.3 Å². The van der Waals surface area contributed by atoms with Gasteiger partial charge in [0.15, 0.2) is 0 Å². The number of carbonyl (C=O) groups is 2. The van der Waals surface area contributed by atoms with Gasteiger partial charge in [0, 0.05) is 43.5 Å². The third kappa shape index (κ3) is 3.52. The highest BCUT2D eigenvalue weighted by molar-refractivity contribution is 5.97. The first-order chi connectivity index (χ1) is 13.5. The molecule has 1 unspecified atom stereocenters. The summed E-state index contributed by atoms with van der Waals surface area (Å²) in [5.74, 6) is -0.502. The smallest absolute Gasteiger partial charge is 0.322 e. The summed E-state index contributed by atoms with van der Waals surface area (Å²) < 4.78 is 14.3. The number of fused-ring (bicyclic) bond motifs is 1. The molecule has 28 heavy (non-hydrogen) atoms. The second kappa shape index (κ2) is 7.50. The van der Waals surface area contributed by atoms with Crippen LogP contribution in [0.4, 0.5) is 26.2 Å². The van der Waals surface area contributed by atoms with Crippen LogP contribution in [0.2, 0.25) is 0 Å². The summed E-state index contributed by atoms with van der Waals surface area (Å²) in [5, 5.41) is 6.04. The van der Waals surface area contributed by atoms with E-state index in [1.165, 1.54) is 12.1 Å². The van der Waals surface area contributed by atoms with Crippen LogP contribution in [0.15, 0.2) is 42.5 Å². The molecule has 7 heteroatoms. The van der Waals surface area contributed by atoms with E-state index >= 15 is 0 Å². The molecule has 2 N–H and O–H groups in total. The summed E-state index contributed by atoms with van der Waals surface area (Å²) in [6.45, 7) is 3.61. The van der Waals surface area contributed by atoms with Gasteiger partial charge in [-0.1, -0.05) is 18.2 Å². The van der Waals surface area contributed by atoms with Crippen LogP contribution in [0, 0.1) is 5.82 Å². The average Bonchev–Trinajstić information content (AvgIpc) is 3.04. The molecule has 1 saturated heterocycles. The van der Waals surface area contributed by atoms with E-state index in [0.717, 1.165) is 17.7 Å². The standard InChI is InChI=1S/C21H23FN4O2/c1-14-12-23-18-6-3-2-5-15(18)13-26(14)21(28)24-19-11-16(8-9-17(19)22)25-10-4-7-20(25)27/h2-3,5-6,8-9,11,14,23H,4,7,10,12-13H2,1H3,(H,24,28). The molecule has 2 aliphatic heterocycles. The van der Waals surface area contributed by atoms with Gasteiger partial charge in [-0.3, -0.25) is 4.79 Å². The second-order valence-corrected chi connectivity index (χ2v) is 7.26. The van der Waals surface area contributed by atoms with Gasteiger partial charge in [-0.2, -0.15) is 0 Å². The van der Waals surface area contributed by atoms with Crippen molar-refractivity contribution in [3.05, 3.63) is 53.8 Å². The monoisotopic (exact) mass is 382 g/mol. The minimum absolute atomic E-state index is 0.0210. The number of halogens is 1. The van der Waals surface area contributed by atoms with Gasteiger partial charge in [0.25, 0.3) is 0 Å². The van der Waals surface area contributed by atoms with E-state index in [2.05, 4.69) is 10.6 Å². The van der Waals surface area contributed by atoms with E-state index in [1.807, 2.05) is 31.2 Å². The summed E-state index contributed by atoms with van der Waals surface area (Å²) in [6, 6.07) is 11.8. The lowest BCUT2D eigenvalue weighted by atomic mass is 10.1. The number of rotatable bonds is 2. The molecule has 0 bridgehead atoms. The Morgan fingerprint density at radius 2 is 2.07 bits per heavy atom. The molecule has 0 saturated carbocycles. The van der Waals surface area contributed by atoms with Crippen molar-refractivity contribution >= 4 is 29.0 Å². The Kier molecular flexibility index (Phi) is 4.90. The summed E-state index contributed by atoms with van der Waals surface area (Å²) in [7, 11) is 0. The number of urea groups is 1. The Hall–Kier alpha value is -3.09. The van der Waals surface area contributed by atoms with Crippen LogP contribution in [0.25, 0.3) is 0 Å². The molecule has 146 valence electrons. The predicted octanol–water partition coefficient (Wildman–Crippen LogP) is 3.80. The lowest BCUT2D eigenvalue weighted by molar-refractivity contribution is -0.117. The van der Waals surface area contributed by atoms with Gasteiger partial charge in [0.1, 0.15) is 5.82 Å². The van der Waals surface area contributed by atoms with Gasteiger partial charge < -0.3 is 20.4 Å². The minimum atomic E-state index is -0.523. The van der Waals surface area contributed by atoms with Gasteiger partial charge in [0.2, 0.25) is 5.91 Å². The molecule has 1 fully saturated rings. The van der Waals surface area contributed by atoms with Crippen molar-refractivity contribution < 1.29 is 14.0 Å². The molecule has 0 aliphatic carbocycles. The highest BCUT2D eigenvalue weighted by Gasteiger charge is 2.26. The van der Waals surface area contributed by atoms with E-state index < -0.39 is 5.82 Å². The molecule has 2 aromatic carbocycles. The van der Waals surface area contributed by atoms with Crippen molar-refractivity contribution in [1.82, 2.24) is 4.90 Å². The van der Waals surface area contributed by atoms with Gasteiger partial charge in [-0.25, -0.2) is 9.18 Å². The molecule has 1 atom stereocenters. The minimum Gasteiger partial charge on any atom is -0.383 e. The lowest BCUT2D eigenvalue weighted by Gasteiger charge is -2.27. The number of hydrogen-bond donors (Lipinski definition) is 2. The van der Waals surface area contributed by atoms with Crippen LogP contribution in [0.3, 0.4) is 0 Å². The Labute approximate surface area is 163 Å². The molecule has 0 spiro atoms. The largest absolute Gasteiger partial charge is 0.383 e. The average molecular weight is 382 g/mol. The zero-order chi connectivity index (χ0) is 19.7. The number of nitrogens with zero attached hydrogens (tertiary/aromatic N) is 2. The first kappa shape index (κ1) is 18.3. The van der Waals surface area contributed by atoms with Crippen LogP contribution < -0.4 is 15.5 Å². The fraction of sp³-hybridized carbons (Fsp3) is 0.333. The number of amides is 3. The molecule has 0 radical (unpaired) electrons. The van der Waals surface area contributed by atoms with E-state index in [1.54, 1.807) is 15.9 Å². The summed E-state index contributed by atoms with van der Waals surface area (Å²) in [4.78, 5) is 28.2. The maximum absolute atomic E-state index is 14.3. The van der Waals surface area contributed by atoms with Gasteiger partial charge in [-0.05, 0) is 43.2 Å². The number of benzene rings is 2. The van der Waals surface area contributed by atoms with Crippen molar-refractivity contribution in [1.29, 1.82) is 0 Å². The predicted molar refractivity (Wildman–Crippen MR) is 107 cm³/mol. The van der Waals surface area contributed by atoms with Crippen LogP contribution >= 0.6 is 0 Å². The Bertz CT molecular complexity index is 917. The molecule has 6 nitrogen and oxygen atoms in total. The number of para-hydroxylation sites is 1. The van der Waals surface area contributed by atoms with Crippen molar-refractivity contribution in [3.8, 4) is 0 Å². The SMILES string of the molecule is CC1CNc2ccccc2CN1C(=O)Nc1cc(N2CCCC2=O)ccc1F. The van der Waals surface area contributed by atoms with E-state index in [9.17, 15) is 14.0 Å². The highest BCUT2D eigenvalue weighted by Crippen LogP contribution is 2.28. The van der Waals surface area contributed by atoms with Crippen LogP contribution in [-0.2, 0) is 11.3 Å². The Morgan fingerprint density at radius 1 is 1.25 bits per heavy atom. The van der Waals surface area contributed by atoms with Crippen molar-refractivity contribution in [2.75, 3.05) is 28.6 Å². The maximum atomic E-state index is 14.3. The molecule has 3 amide bonds. The topological polar surface area (TPSA) is 64.7 Å². The molecule has 4 rings (SSSR count). The van der Waals surface area contributed by atoms with Gasteiger partial charge in [-0.15, -0.1) is 0 Å². The number of anilines is 3. The second-order valence-electron chi connectivity index (χ2n) is 7.26. The molecule has 2 heterocycles. The molecular formula is C21H23FN4O2. The third-order valence-electron chi connectivity index (χ3n) is 5.32. The van der Waals surface area contributed by atoms with Gasteiger partial charge in [0.05, 0.1) is 5.69 Å². The highest BCUT2D eigenvalue weighted by atomic mass is 19.1. The quantitative estimate of drug-likeness (QED) is 0.830. The molecular weight excluding hydrogens is 359 g/mol. The fourth-order valence-electron chi connectivity index (χ4n) is 3.69. The van der Waals surface area contributed by atoms with E-state index in [0.29, 0.717) is 31.7 Å². The maximum Gasteiger partial charge on any atom is 0.322 e. The Balaban J connectivity index is 1.55. The first-order valence-electron chi connectivity index (χ1n) is 9.52. The van der Waals surface area contributed by atoms with Crippen molar-refractivity contribution in [2.24, 2.45) is 0 Å². The summed E-state index contributed by atoms with van der Waals surface area (Å²) in [6.07, 6.45) is 1.28. The normalized spacial score (nSPS) is 19.1.